The molecule has 1 amide bonds. The Morgan fingerprint density at radius 3 is 2.41 bits per heavy atom. The first-order valence-corrected chi connectivity index (χ1v) is 9.26. The topological polar surface area (TPSA) is 74.8 Å². The van der Waals surface area contributed by atoms with Crippen LogP contribution in [0, 0.1) is 0 Å². The Morgan fingerprint density at radius 2 is 1.78 bits per heavy atom. The minimum absolute atomic E-state index is 0. The monoisotopic (exact) mass is 500 g/mol. The van der Waals surface area contributed by atoms with Gasteiger partial charge in [0.05, 0.1) is 7.11 Å². The van der Waals surface area contributed by atoms with Crippen LogP contribution < -0.4 is 16.0 Å². The lowest BCUT2D eigenvalue weighted by molar-refractivity contribution is 0.187. The second-order valence-electron chi connectivity index (χ2n) is 5.33. The molecule has 0 heterocycles. The molecule has 0 spiro atoms. The largest absolute Gasteiger partial charge is 0.453 e. The minimum atomic E-state index is -0.478. The van der Waals surface area contributed by atoms with Gasteiger partial charge >= 0.3 is 6.09 Å². The van der Waals surface area contributed by atoms with Crippen LogP contribution in [-0.4, -0.2) is 38.5 Å². The maximum atomic E-state index is 11.2. The summed E-state index contributed by atoms with van der Waals surface area (Å²) >= 11 is 1.81. The molecular formula is C19H25IN4O2S. The SMILES string of the molecule is CN=C(NCCSc1ccccc1)NCc1ccc(NC(=O)OC)cc1.I. The van der Waals surface area contributed by atoms with Crippen LogP contribution in [0.5, 0.6) is 0 Å². The van der Waals surface area contributed by atoms with Crippen molar-refractivity contribution in [2.24, 2.45) is 4.99 Å². The number of nitrogens with zero attached hydrogens (tertiary/aromatic N) is 1. The molecule has 0 aliphatic carbocycles. The molecule has 0 aliphatic rings. The smallest absolute Gasteiger partial charge is 0.411 e. The number of carbonyl (C=O) groups excluding carboxylic acids is 1. The third kappa shape index (κ3) is 9.00. The minimum Gasteiger partial charge on any atom is -0.453 e. The Balaban J connectivity index is 0.00000364. The number of anilines is 1. The van der Waals surface area contributed by atoms with E-state index in [1.807, 2.05) is 42.5 Å². The molecule has 2 aromatic carbocycles. The van der Waals surface area contributed by atoms with Crippen molar-refractivity contribution in [3.05, 3.63) is 60.2 Å². The molecule has 27 heavy (non-hydrogen) atoms. The molecule has 0 aliphatic heterocycles. The van der Waals surface area contributed by atoms with Gasteiger partial charge in [-0.1, -0.05) is 30.3 Å². The van der Waals surface area contributed by atoms with Gasteiger partial charge in [0.1, 0.15) is 0 Å². The number of thioether (sulfide) groups is 1. The number of aliphatic imine (C=N–C) groups is 1. The van der Waals surface area contributed by atoms with Crippen molar-refractivity contribution in [3.63, 3.8) is 0 Å². The zero-order chi connectivity index (χ0) is 18.6. The molecule has 0 aromatic heterocycles. The normalized spacial score (nSPS) is 10.5. The van der Waals surface area contributed by atoms with Crippen LogP contribution in [0.3, 0.4) is 0 Å². The number of methoxy groups -OCH3 is 1. The molecule has 2 aromatic rings. The lowest BCUT2D eigenvalue weighted by Crippen LogP contribution is -2.37. The van der Waals surface area contributed by atoms with Gasteiger partial charge in [0.15, 0.2) is 5.96 Å². The molecule has 0 radical (unpaired) electrons. The van der Waals surface area contributed by atoms with Gasteiger partial charge in [-0.3, -0.25) is 10.3 Å². The van der Waals surface area contributed by atoms with Crippen LogP contribution in [0.15, 0.2) is 64.5 Å². The Morgan fingerprint density at radius 1 is 1.07 bits per heavy atom. The van der Waals surface area contributed by atoms with Gasteiger partial charge in [0.25, 0.3) is 0 Å². The highest BCUT2D eigenvalue weighted by molar-refractivity contribution is 14.0. The summed E-state index contributed by atoms with van der Waals surface area (Å²) in [7, 11) is 3.09. The fraction of sp³-hybridized carbons (Fsp3) is 0.263. The second-order valence-corrected chi connectivity index (χ2v) is 6.50. The van der Waals surface area contributed by atoms with Gasteiger partial charge in [0, 0.05) is 36.5 Å². The van der Waals surface area contributed by atoms with E-state index in [1.165, 1.54) is 12.0 Å². The van der Waals surface area contributed by atoms with E-state index in [-0.39, 0.29) is 24.0 Å². The average molecular weight is 500 g/mol. The summed E-state index contributed by atoms with van der Waals surface area (Å²) in [6, 6.07) is 17.9. The van der Waals surface area contributed by atoms with Gasteiger partial charge in [-0.15, -0.1) is 35.7 Å². The van der Waals surface area contributed by atoms with Crippen molar-refractivity contribution in [3.8, 4) is 0 Å². The maximum Gasteiger partial charge on any atom is 0.411 e. The number of carbonyl (C=O) groups is 1. The number of rotatable bonds is 7. The van der Waals surface area contributed by atoms with Crippen LogP contribution >= 0.6 is 35.7 Å². The first kappa shape index (κ1) is 23.1. The van der Waals surface area contributed by atoms with Gasteiger partial charge in [-0.25, -0.2) is 4.79 Å². The third-order valence-corrected chi connectivity index (χ3v) is 4.49. The van der Waals surface area contributed by atoms with Gasteiger partial charge < -0.3 is 15.4 Å². The summed E-state index contributed by atoms with van der Waals surface area (Å²) in [6.45, 7) is 1.46. The Hall–Kier alpha value is -1.94. The fourth-order valence-electron chi connectivity index (χ4n) is 2.14. The van der Waals surface area contributed by atoms with E-state index < -0.39 is 6.09 Å². The maximum absolute atomic E-state index is 11.2. The van der Waals surface area contributed by atoms with E-state index in [0.717, 1.165) is 23.8 Å². The highest BCUT2D eigenvalue weighted by Gasteiger charge is 2.02. The summed E-state index contributed by atoms with van der Waals surface area (Å²) < 4.78 is 4.56. The molecule has 3 N–H and O–H groups in total. The highest BCUT2D eigenvalue weighted by atomic mass is 127. The number of hydrogen-bond donors (Lipinski definition) is 3. The summed E-state index contributed by atoms with van der Waals surface area (Å²) in [6.07, 6.45) is -0.478. The van der Waals surface area contributed by atoms with E-state index in [0.29, 0.717) is 12.2 Å². The third-order valence-electron chi connectivity index (χ3n) is 3.48. The standard InChI is InChI=1S/C19H24N4O2S.HI/c1-20-18(21-12-13-26-17-6-4-3-5-7-17)22-14-15-8-10-16(11-9-15)23-19(24)25-2;/h3-11H,12-14H2,1-2H3,(H,23,24)(H2,20,21,22);1H. The number of nitrogens with one attached hydrogen (secondary N) is 3. The van der Waals surface area contributed by atoms with E-state index in [4.69, 9.17) is 0 Å². The Labute approximate surface area is 181 Å². The second kappa shape index (κ2) is 13.3. The Bertz CT molecular complexity index is 711. The summed E-state index contributed by atoms with van der Waals surface area (Å²) in [5.74, 6) is 1.72. The molecule has 0 saturated heterocycles. The molecule has 8 heteroatoms. The molecular weight excluding hydrogens is 475 g/mol. The summed E-state index contributed by atoms with van der Waals surface area (Å²) in [5, 5.41) is 9.20. The van der Waals surface area contributed by atoms with Crippen LogP contribution in [0.4, 0.5) is 10.5 Å². The number of guanidine groups is 1. The molecule has 2 rings (SSSR count). The van der Waals surface area contributed by atoms with Crippen LogP contribution in [-0.2, 0) is 11.3 Å². The van der Waals surface area contributed by atoms with Crippen LogP contribution in [0.1, 0.15) is 5.56 Å². The average Bonchev–Trinajstić information content (AvgIpc) is 2.69. The van der Waals surface area contributed by atoms with Crippen molar-refractivity contribution < 1.29 is 9.53 Å². The zero-order valence-electron chi connectivity index (χ0n) is 15.4. The molecule has 0 unspecified atom stereocenters. The predicted molar refractivity (Wildman–Crippen MR) is 123 cm³/mol. The lowest BCUT2D eigenvalue weighted by atomic mass is 10.2. The predicted octanol–water partition coefficient (Wildman–Crippen LogP) is 3.94. The van der Waals surface area contributed by atoms with Crippen LogP contribution in [0.2, 0.25) is 0 Å². The van der Waals surface area contributed by atoms with Crippen molar-refractivity contribution in [2.45, 2.75) is 11.4 Å². The van der Waals surface area contributed by atoms with Gasteiger partial charge in [0.2, 0.25) is 0 Å². The zero-order valence-corrected chi connectivity index (χ0v) is 18.5. The number of halogens is 1. The molecule has 0 fully saturated rings. The van der Waals surface area contributed by atoms with E-state index in [2.05, 4.69) is 37.8 Å². The Kier molecular flexibility index (Phi) is 11.3. The summed E-state index contributed by atoms with van der Waals surface area (Å²) in [5.41, 5.74) is 1.78. The van der Waals surface area contributed by atoms with Crippen molar-refractivity contribution in [2.75, 3.05) is 31.8 Å². The molecule has 6 nitrogen and oxygen atoms in total. The molecule has 0 atom stereocenters. The highest BCUT2D eigenvalue weighted by Crippen LogP contribution is 2.15. The number of amides is 1. The van der Waals surface area contributed by atoms with Crippen molar-refractivity contribution in [1.29, 1.82) is 0 Å². The van der Waals surface area contributed by atoms with Gasteiger partial charge in [-0.05, 0) is 29.8 Å². The van der Waals surface area contributed by atoms with Crippen molar-refractivity contribution >= 4 is 53.5 Å². The molecule has 0 saturated carbocycles. The van der Waals surface area contributed by atoms with Crippen molar-refractivity contribution in [1.82, 2.24) is 10.6 Å². The van der Waals surface area contributed by atoms with E-state index in [9.17, 15) is 4.79 Å². The quantitative estimate of drug-likeness (QED) is 0.177. The molecule has 146 valence electrons. The van der Waals surface area contributed by atoms with E-state index in [1.54, 1.807) is 18.8 Å². The lowest BCUT2D eigenvalue weighted by Gasteiger charge is -2.12. The number of hydrogen-bond acceptors (Lipinski definition) is 4. The van der Waals surface area contributed by atoms with E-state index >= 15 is 0 Å². The first-order chi connectivity index (χ1) is 12.7. The number of ether oxygens (including phenoxy) is 1. The number of benzene rings is 2. The fourth-order valence-corrected chi connectivity index (χ4v) is 2.93. The first-order valence-electron chi connectivity index (χ1n) is 8.27. The van der Waals surface area contributed by atoms with Crippen LogP contribution in [0.25, 0.3) is 0 Å². The summed E-state index contributed by atoms with van der Waals surface area (Å²) in [4.78, 5) is 16.7. The van der Waals surface area contributed by atoms with Gasteiger partial charge in [-0.2, -0.15) is 0 Å². The molecule has 0 bridgehead atoms.